The van der Waals surface area contributed by atoms with Crippen LogP contribution in [0.4, 0.5) is 0 Å². The molecule has 0 aromatic carbocycles. The first-order valence-electron chi connectivity index (χ1n) is 4.57. The summed E-state index contributed by atoms with van der Waals surface area (Å²) in [5, 5.41) is 2.85. The molecule has 3 N–H and O–H groups in total. The van der Waals surface area contributed by atoms with Crippen LogP contribution in [0, 0.1) is 11.3 Å². The lowest BCUT2D eigenvalue weighted by Crippen LogP contribution is -2.36. The first kappa shape index (κ1) is 9.52. The van der Waals surface area contributed by atoms with Gasteiger partial charge in [-0.25, -0.2) is 0 Å². The molecule has 0 unspecified atom stereocenters. The van der Waals surface area contributed by atoms with Crippen molar-refractivity contribution in [2.45, 2.75) is 26.7 Å². The lowest BCUT2D eigenvalue weighted by Gasteiger charge is -2.19. The standard InChI is InChI=1S/C9H18N2O/c1-7(2)9(3-4-9)6-11-8(12)5-10/h7H,3-6,10H2,1-2H3,(H,11,12). The molecule has 0 spiro atoms. The predicted octanol–water partition coefficient (Wildman–Crippen LogP) is 0.497. The lowest BCUT2D eigenvalue weighted by molar-refractivity contribution is -0.120. The van der Waals surface area contributed by atoms with Gasteiger partial charge in [0.15, 0.2) is 0 Å². The Bertz CT molecular complexity index is 173. The first-order valence-corrected chi connectivity index (χ1v) is 4.57. The van der Waals surface area contributed by atoms with E-state index in [9.17, 15) is 4.79 Å². The summed E-state index contributed by atoms with van der Waals surface area (Å²) in [5.41, 5.74) is 5.58. The van der Waals surface area contributed by atoms with E-state index in [2.05, 4.69) is 19.2 Å². The van der Waals surface area contributed by atoms with E-state index in [1.54, 1.807) is 0 Å². The van der Waals surface area contributed by atoms with Crippen molar-refractivity contribution in [3.63, 3.8) is 0 Å². The molecule has 0 aromatic rings. The van der Waals surface area contributed by atoms with E-state index < -0.39 is 0 Å². The van der Waals surface area contributed by atoms with Crippen molar-refractivity contribution in [3.05, 3.63) is 0 Å². The minimum atomic E-state index is -0.0399. The zero-order valence-corrected chi connectivity index (χ0v) is 7.89. The molecule has 1 fully saturated rings. The van der Waals surface area contributed by atoms with Gasteiger partial charge in [-0.15, -0.1) is 0 Å². The summed E-state index contributed by atoms with van der Waals surface area (Å²) in [6.07, 6.45) is 2.49. The van der Waals surface area contributed by atoms with E-state index in [1.807, 2.05) is 0 Å². The molecule has 1 saturated carbocycles. The largest absolute Gasteiger partial charge is 0.354 e. The van der Waals surface area contributed by atoms with Gasteiger partial charge in [0, 0.05) is 6.54 Å². The van der Waals surface area contributed by atoms with Crippen molar-refractivity contribution in [2.24, 2.45) is 17.1 Å². The Balaban J connectivity index is 2.27. The van der Waals surface area contributed by atoms with Crippen LogP contribution in [-0.4, -0.2) is 19.0 Å². The average molecular weight is 170 g/mol. The fraction of sp³-hybridized carbons (Fsp3) is 0.889. The van der Waals surface area contributed by atoms with Gasteiger partial charge in [-0.1, -0.05) is 13.8 Å². The number of carbonyl (C=O) groups excluding carboxylic acids is 1. The van der Waals surface area contributed by atoms with Gasteiger partial charge in [-0.3, -0.25) is 4.79 Å². The second-order valence-corrected chi connectivity index (χ2v) is 4.00. The minimum Gasteiger partial charge on any atom is -0.354 e. The van der Waals surface area contributed by atoms with Gasteiger partial charge >= 0.3 is 0 Å². The Morgan fingerprint density at radius 2 is 2.17 bits per heavy atom. The number of nitrogens with one attached hydrogen (secondary N) is 1. The van der Waals surface area contributed by atoms with Crippen LogP contribution in [0.3, 0.4) is 0 Å². The monoisotopic (exact) mass is 170 g/mol. The molecule has 3 heteroatoms. The molecule has 0 aliphatic heterocycles. The summed E-state index contributed by atoms with van der Waals surface area (Å²) >= 11 is 0. The third-order valence-electron chi connectivity index (χ3n) is 2.94. The number of hydrogen-bond acceptors (Lipinski definition) is 2. The molecule has 1 aliphatic carbocycles. The third kappa shape index (κ3) is 1.97. The third-order valence-corrected chi connectivity index (χ3v) is 2.94. The first-order chi connectivity index (χ1) is 5.60. The normalized spacial score (nSPS) is 19.3. The van der Waals surface area contributed by atoms with Crippen molar-refractivity contribution in [1.82, 2.24) is 5.32 Å². The molecule has 1 aliphatic rings. The highest BCUT2D eigenvalue weighted by molar-refractivity contribution is 5.77. The van der Waals surface area contributed by atoms with Crippen LogP contribution in [0.1, 0.15) is 26.7 Å². The van der Waals surface area contributed by atoms with Gasteiger partial charge in [-0.05, 0) is 24.2 Å². The van der Waals surface area contributed by atoms with E-state index in [0.29, 0.717) is 11.3 Å². The lowest BCUT2D eigenvalue weighted by atomic mass is 9.92. The fourth-order valence-electron chi connectivity index (χ4n) is 1.47. The summed E-state index contributed by atoms with van der Waals surface area (Å²) in [6.45, 7) is 5.33. The fourth-order valence-corrected chi connectivity index (χ4v) is 1.47. The van der Waals surface area contributed by atoms with Gasteiger partial charge in [-0.2, -0.15) is 0 Å². The maximum Gasteiger partial charge on any atom is 0.233 e. The molecule has 3 nitrogen and oxygen atoms in total. The van der Waals surface area contributed by atoms with Crippen LogP contribution in [0.15, 0.2) is 0 Å². The Labute approximate surface area is 73.7 Å². The van der Waals surface area contributed by atoms with Gasteiger partial charge < -0.3 is 11.1 Å². The highest BCUT2D eigenvalue weighted by atomic mass is 16.1. The maximum atomic E-state index is 10.9. The van der Waals surface area contributed by atoms with Gasteiger partial charge in [0.05, 0.1) is 6.54 Å². The number of nitrogens with two attached hydrogens (primary N) is 1. The second kappa shape index (κ2) is 3.44. The average Bonchev–Trinajstić information content (AvgIpc) is 2.81. The highest BCUT2D eigenvalue weighted by Crippen LogP contribution is 2.51. The Morgan fingerprint density at radius 1 is 1.58 bits per heavy atom. The Morgan fingerprint density at radius 3 is 2.50 bits per heavy atom. The van der Waals surface area contributed by atoms with E-state index in [4.69, 9.17) is 5.73 Å². The molecular weight excluding hydrogens is 152 g/mol. The predicted molar refractivity (Wildman–Crippen MR) is 48.6 cm³/mol. The summed E-state index contributed by atoms with van der Waals surface area (Å²) in [4.78, 5) is 10.9. The van der Waals surface area contributed by atoms with E-state index in [1.165, 1.54) is 12.8 Å². The van der Waals surface area contributed by atoms with Crippen molar-refractivity contribution in [2.75, 3.05) is 13.1 Å². The summed E-state index contributed by atoms with van der Waals surface area (Å²) in [5.74, 6) is 0.623. The zero-order valence-electron chi connectivity index (χ0n) is 7.89. The number of amides is 1. The van der Waals surface area contributed by atoms with E-state index >= 15 is 0 Å². The van der Waals surface area contributed by atoms with Gasteiger partial charge in [0.2, 0.25) is 5.91 Å². The van der Waals surface area contributed by atoms with Gasteiger partial charge in [0.1, 0.15) is 0 Å². The molecule has 0 heterocycles. The zero-order chi connectivity index (χ0) is 9.19. The SMILES string of the molecule is CC(C)C1(CNC(=O)CN)CC1. The topological polar surface area (TPSA) is 55.1 Å². The van der Waals surface area contributed by atoms with E-state index in [0.717, 1.165) is 6.54 Å². The molecule has 0 saturated heterocycles. The molecule has 1 rings (SSSR count). The molecular formula is C9H18N2O. The van der Waals surface area contributed by atoms with Crippen LogP contribution >= 0.6 is 0 Å². The number of rotatable bonds is 4. The molecule has 12 heavy (non-hydrogen) atoms. The van der Waals surface area contributed by atoms with Crippen molar-refractivity contribution >= 4 is 5.91 Å². The maximum absolute atomic E-state index is 10.9. The molecule has 70 valence electrons. The molecule has 1 amide bonds. The Hall–Kier alpha value is -0.570. The van der Waals surface area contributed by atoms with Crippen LogP contribution in [0.5, 0.6) is 0 Å². The van der Waals surface area contributed by atoms with Crippen LogP contribution in [0.2, 0.25) is 0 Å². The number of carbonyl (C=O) groups is 1. The van der Waals surface area contributed by atoms with Crippen LogP contribution in [-0.2, 0) is 4.79 Å². The van der Waals surface area contributed by atoms with E-state index in [-0.39, 0.29) is 12.5 Å². The summed E-state index contributed by atoms with van der Waals surface area (Å²) in [6, 6.07) is 0. The summed E-state index contributed by atoms with van der Waals surface area (Å²) in [7, 11) is 0. The van der Waals surface area contributed by atoms with Crippen molar-refractivity contribution in [3.8, 4) is 0 Å². The minimum absolute atomic E-state index is 0.0399. The second-order valence-electron chi connectivity index (χ2n) is 4.00. The molecule has 0 radical (unpaired) electrons. The molecule has 0 aromatic heterocycles. The van der Waals surface area contributed by atoms with Crippen molar-refractivity contribution < 1.29 is 4.79 Å². The quantitative estimate of drug-likeness (QED) is 0.645. The van der Waals surface area contributed by atoms with Gasteiger partial charge in [0.25, 0.3) is 0 Å². The Kier molecular flexibility index (Phi) is 2.73. The highest BCUT2D eigenvalue weighted by Gasteiger charge is 2.45. The van der Waals surface area contributed by atoms with Crippen LogP contribution < -0.4 is 11.1 Å². The smallest absolute Gasteiger partial charge is 0.233 e. The van der Waals surface area contributed by atoms with Crippen molar-refractivity contribution in [1.29, 1.82) is 0 Å². The van der Waals surface area contributed by atoms with Crippen LogP contribution in [0.25, 0.3) is 0 Å². The number of hydrogen-bond donors (Lipinski definition) is 2. The molecule has 0 atom stereocenters. The summed E-state index contributed by atoms with van der Waals surface area (Å²) < 4.78 is 0. The molecule has 0 bridgehead atoms.